The smallest absolute Gasteiger partial charge is 0.388 e. The van der Waals surface area contributed by atoms with Crippen LogP contribution in [0, 0.1) is 0 Å². The molecule has 27 heavy (non-hydrogen) atoms. The highest BCUT2D eigenvalue weighted by atomic mass is 31.1. The van der Waals surface area contributed by atoms with E-state index in [-0.39, 0.29) is 18.4 Å². The zero-order chi connectivity index (χ0) is 19.7. The lowest BCUT2D eigenvalue weighted by atomic mass is 10.2. The number of nitrogens with two attached hydrogens (primary N) is 1. The van der Waals surface area contributed by atoms with Crippen molar-refractivity contribution in [3.63, 3.8) is 0 Å². The van der Waals surface area contributed by atoms with Gasteiger partial charge in [0.1, 0.15) is 18.7 Å². The first-order valence-electron chi connectivity index (χ1n) is 8.94. The summed E-state index contributed by atoms with van der Waals surface area (Å²) in [6.45, 7) is 0.566. The van der Waals surface area contributed by atoms with Crippen LogP contribution in [0.4, 0.5) is 11.8 Å². The number of nitrogens with one attached hydrogen (secondary N) is 2. The molecule has 3 aromatic heterocycles. The first-order chi connectivity index (χ1) is 13.5. The van der Waals surface area contributed by atoms with Crippen LogP contribution in [-0.4, -0.2) is 60.8 Å². The van der Waals surface area contributed by atoms with E-state index in [1.54, 1.807) is 17.1 Å². The van der Waals surface area contributed by atoms with E-state index in [2.05, 4.69) is 30.2 Å². The Morgan fingerprint density at radius 1 is 1.56 bits per heavy atom. The van der Waals surface area contributed by atoms with Gasteiger partial charge in [-0.2, -0.15) is 0 Å². The highest BCUT2D eigenvalue weighted by Gasteiger charge is 2.38. The molecule has 5 N–H and O–H groups in total. The van der Waals surface area contributed by atoms with Gasteiger partial charge in [0, 0.05) is 31.3 Å². The summed E-state index contributed by atoms with van der Waals surface area (Å²) in [5.74, 6) is 0.722. The molecular weight excluding hydrogens is 371 g/mol. The average molecular weight is 393 g/mol. The fraction of sp³-hybridized carbons (Fsp3) is 0.467. The third kappa shape index (κ3) is 3.48. The number of H-pyrrole nitrogens is 1. The molecule has 0 aliphatic carbocycles. The van der Waals surface area contributed by atoms with Crippen LogP contribution in [0.15, 0.2) is 18.9 Å². The summed E-state index contributed by atoms with van der Waals surface area (Å²) in [6.07, 6.45) is 3.54. The van der Waals surface area contributed by atoms with Crippen molar-refractivity contribution in [1.29, 1.82) is 1.28 Å². The number of nitrogens with zero attached hydrogens (tertiary/aromatic N) is 5. The summed E-state index contributed by atoms with van der Waals surface area (Å²) in [7, 11) is -2.17. The predicted molar refractivity (Wildman–Crippen MR) is 98.9 cm³/mol. The van der Waals surface area contributed by atoms with Gasteiger partial charge in [0.25, 0.3) is 0 Å². The number of imidazole rings is 2. The van der Waals surface area contributed by atoms with Crippen LogP contribution in [0.25, 0.3) is 11.2 Å². The molecule has 142 valence electrons. The topological polar surface area (TPSA) is 157 Å². The number of ether oxygens (including phenoxy) is 1. The van der Waals surface area contributed by atoms with Crippen LogP contribution >= 0.6 is 8.41 Å². The van der Waals surface area contributed by atoms with Gasteiger partial charge in [-0.05, 0) is 0 Å². The van der Waals surface area contributed by atoms with E-state index in [1.807, 2.05) is 0 Å². The molecule has 1 aliphatic heterocycles. The molecule has 4 atom stereocenters. The quantitative estimate of drug-likeness (QED) is 0.419. The second-order valence-corrected chi connectivity index (χ2v) is 6.86. The summed E-state index contributed by atoms with van der Waals surface area (Å²) in [5, 5.41) is 13.5. The molecule has 4 unspecified atom stereocenters. The monoisotopic (exact) mass is 393 g/mol. The summed E-state index contributed by atoms with van der Waals surface area (Å²) in [6, 6.07) is 0. The second kappa shape index (κ2) is 7.55. The van der Waals surface area contributed by atoms with E-state index in [4.69, 9.17) is 11.7 Å². The van der Waals surface area contributed by atoms with Gasteiger partial charge < -0.3 is 25.9 Å². The highest BCUT2D eigenvalue weighted by Crippen LogP contribution is 2.35. The van der Waals surface area contributed by atoms with Crippen molar-refractivity contribution in [2.75, 3.05) is 23.8 Å². The molecule has 1 fully saturated rings. The number of aromatic amines is 1. The Balaban J connectivity index is 1.62. The van der Waals surface area contributed by atoms with Gasteiger partial charge in [0.05, 0.1) is 12.4 Å². The van der Waals surface area contributed by atoms with E-state index < -0.39 is 26.8 Å². The Bertz CT molecular complexity index is 981. The Hall–Kier alpha value is -2.62. The number of rotatable bonds is 7. The van der Waals surface area contributed by atoms with Crippen molar-refractivity contribution in [1.82, 2.24) is 29.5 Å². The largest absolute Gasteiger partial charge is 0.390 e. The molecule has 3 aromatic rings. The van der Waals surface area contributed by atoms with Crippen LogP contribution < -0.4 is 11.1 Å². The van der Waals surface area contributed by atoms with Crippen LogP contribution in [0.5, 0.6) is 0 Å². The molecule has 0 bridgehead atoms. The average Bonchev–Trinajstić information content (AvgIpc) is 3.35. The maximum Gasteiger partial charge on any atom is 0.388 e. The number of aromatic nitrogens is 6. The molecular formula is C15H20N8O3P+. The molecule has 0 saturated carbocycles. The Morgan fingerprint density at radius 3 is 3.22 bits per heavy atom. The number of anilines is 2. The van der Waals surface area contributed by atoms with Crippen molar-refractivity contribution < 1.29 is 14.4 Å². The van der Waals surface area contributed by atoms with E-state index in [9.17, 15) is 9.67 Å². The number of hydrogen-bond donors (Lipinski definition) is 4. The minimum absolute atomic E-state index is 0.0284. The van der Waals surface area contributed by atoms with E-state index in [1.165, 1.54) is 6.33 Å². The number of hydrogen-bond acceptors (Lipinski definition) is 9. The zero-order valence-electron chi connectivity index (χ0n) is 15.3. The van der Waals surface area contributed by atoms with Gasteiger partial charge in [0.2, 0.25) is 5.95 Å². The normalized spacial score (nSPS) is 23.5. The molecule has 12 heteroatoms. The van der Waals surface area contributed by atoms with E-state index in [0.717, 1.165) is 5.69 Å². The lowest BCUT2D eigenvalue weighted by Crippen LogP contribution is -2.22. The standard InChI is InChI=1S/C15H19N8O3P/c16-13-12-14(21-7-20-13)23(11-3-9(24)10(26-11)5-27-25)15(22-12)18-2-1-8-4-17-6-19-8/h4,6-7,9-11,24H,1-3,5H2,(H,17,19)(H,18,22)(H2,16,20,21)/p+1/i/hT. The van der Waals surface area contributed by atoms with Gasteiger partial charge in [0.15, 0.2) is 23.1 Å². The van der Waals surface area contributed by atoms with Crippen molar-refractivity contribution in [2.24, 2.45) is 0 Å². The fourth-order valence-electron chi connectivity index (χ4n) is 3.16. The van der Waals surface area contributed by atoms with Crippen molar-refractivity contribution >= 4 is 31.3 Å². The highest BCUT2D eigenvalue weighted by molar-refractivity contribution is 7.23. The fourth-order valence-corrected chi connectivity index (χ4v) is 3.64. The predicted octanol–water partition coefficient (Wildman–Crippen LogP) is 0.459. The Labute approximate surface area is 156 Å². The van der Waals surface area contributed by atoms with Crippen molar-refractivity contribution in [3.05, 3.63) is 24.5 Å². The van der Waals surface area contributed by atoms with Gasteiger partial charge in [-0.3, -0.25) is 4.57 Å². The number of nitrogen functional groups attached to an aromatic ring is 1. The third-order valence-electron chi connectivity index (χ3n) is 4.48. The van der Waals surface area contributed by atoms with Crippen LogP contribution in [-0.2, 0) is 15.7 Å². The minimum Gasteiger partial charge on any atom is -0.390 e. The van der Waals surface area contributed by atoms with Crippen molar-refractivity contribution in [3.8, 4) is 0 Å². The molecule has 1 saturated heterocycles. The second-order valence-electron chi connectivity index (χ2n) is 6.23. The van der Waals surface area contributed by atoms with E-state index in [0.29, 0.717) is 30.1 Å². The summed E-state index contributed by atoms with van der Waals surface area (Å²) in [4.78, 5) is 19.8. The molecule has 0 spiro atoms. The van der Waals surface area contributed by atoms with Gasteiger partial charge in [-0.15, -0.1) is 0 Å². The van der Waals surface area contributed by atoms with E-state index >= 15 is 0 Å². The maximum atomic E-state index is 11.3. The summed E-state index contributed by atoms with van der Waals surface area (Å²) in [5.41, 5.74) is 7.82. The number of aliphatic hydroxyl groups is 1. The van der Waals surface area contributed by atoms with Crippen LogP contribution in [0.2, 0.25) is 0 Å². The Kier molecular flexibility index (Phi) is 4.63. The third-order valence-corrected chi connectivity index (χ3v) is 4.99. The molecule has 0 radical (unpaired) electrons. The first-order valence-corrected chi connectivity index (χ1v) is 9.49. The maximum absolute atomic E-state index is 11.3. The zero-order valence-corrected chi connectivity index (χ0v) is 15.2. The lowest BCUT2D eigenvalue weighted by Gasteiger charge is -2.16. The Morgan fingerprint density at radius 2 is 2.44 bits per heavy atom. The van der Waals surface area contributed by atoms with Gasteiger partial charge in [-0.1, -0.05) is 4.57 Å². The molecule has 1 aliphatic rings. The van der Waals surface area contributed by atoms with Crippen LogP contribution in [0.1, 0.15) is 18.3 Å². The molecule has 0 aromatic carbocycles. The molecule has 0 amide bonds. The van der Waals surface area contributed by atoms with Gasteiger partial charge in [-0.25, -0.2) is 19.9 Å². The summed E-state index contributed by atoms with van der Waals surface area (Å²) >= 11 is 0. The van der Waals surface area contributed by atoms with Crippen molar-refractivity contribution in [2.45, 2.75) is 31.3 Å². The van der Waals surface area contributed by atoms with Crippen LogP contribution in [0.3, 0.4) is 0 Å². The molecule has 11 nitrogen and oxygen atoms in total. The number of aliphatic hydroxyl groups excluding tert-OH is 1. The minimum atomic E-state index is -2.17. The SMILES string of the molecule is [3H][P+](=O)CC1OC(n2c(NCCc3cnc[nH]3)nc3c(N)ncnc32)CC1O. The lowest BCUT2D eigenvalue weighted by molar-refractivity contribution is -0.00328. The van der Waals surface area contributed by atoms with Gasteiger partial charge >= 0.3 is 9.68 Å². The number of fused-ring (bicyclic) bond motifs is 1. The summed E-state index contributed by atoms with van der Waals surface area (Å²) < 4.78 is 26.1. The molecule has 4 rings (SSSR count). The molecule has 4 heterocycles. The first kappa shape index (κ1) is 16.5.